The van der Waals surface area contributed by atoms with Crippen LogP contribution < -0.4 is 0 Å². The smallest absolute Gasteiger partial charge is 0.116 e. The molecule has 0 N–H and O–H groups in total. The number of hydrogen-bond acceptors (Lipinski definition) is 2. The van der Waals surface area contributed by atoms with Crippen molar-refractivity contribution in [3.63, 3.8) is 0 Å². The van der Waals surface area contributed by atoms with Gasteiger partial charge in [-0.2, -0.15) is 0 Å². The molecule has 6 rings (SSSR count). The van der Waals surface area contributed by atoms with Crippen molar-refractivity contribution >= 4 is 21.5 Å². The molecule has 0 amide bonds. The quantitative estimate of drug-likeness (QED) is 0.255. The summed E-state index contributed by atoms with van der Waals surface area (Å²) in [5.41, 5.74) is 9.80. The molecule has 186 valence electrons. The van der Waals surface area contributed by atoms with Gasteiger partial charge in [-0.25, -0.2) is 9.97 Å². The first-order chi connectivity index (χ1) is 17.6. The SMILES string of the molecule is CC(C)Cc1cccc2ccc3c(c12)C(C)(C)c1ncnc(-c2cc(C(C)(C)C)c4ccccc4c2)c1-3. The second-order valence-electron chi connectivity index (χ2n) is 12.7. The van der Waals surface area contributed by atoms with E-state index in [0.717, 1.165) is 17.8 Å². The monoisotopic (exact) mass is 484 g/mol. The molecule has 0 bridgehead atoms. The van der Waals surface area contributed by atoms with Gasteiger partial charge in [0.05, 0.1) is 11.4 Å². The van der Waals surface area contributed by atoms with Crippen LogP contribution >= 0.6 is 0 Å². The minimum Gasteiger partial charge on any atom is -0.240 e. The van der Waals surface area contributed by atoms with Gasteiger partial charge in [-0.15, -0.1) is 0 Å². The van der Waals surface area contributed by atoms with Crippen LogP contribution in [0.4, 0.5) is 0 Å². The molecule has 0 fully saturated rings. The van der Waals surface area contributed by atoms with E-state index in [4.69, 9.17) is 9.97 Å². The lowest BCUT2D eigenvalue weighted by molar-refractivity contribution is 0.596. The summed E-state index contributed by atoms with van der Waals surface area (Å²) in [4.78, 5) is 9.89. The molecule has 1 aliphatic carbocycles. The third-order valence-electron chi connectivity index (χ3n) is 8.04. The molecule has 0 spiro atoms. The Morgan fingerprint density at radius 2 is 1.59 bits per heavy atom. The highest BCUT2D eigenvalue weighted by Gasteiger charge is 2.41. The first-order valence-corrected chi connectivity index (χ1v) is 13.5. The summed E-state index contributed by atoms with van der Waals surface area (Å²) in [7, 11) is 0. The fraction of sp³-hybridized carbons (Fsp3) is 0.314. The summed E-state index contributed by atoms with van der Waals surface area (Å²) in [5, 5.41) is 5.28. The Hall–Kier alpha value is -3.52. The molecule has 2 heteroatoms. The molecule has 0 saturated heterocycles. The highest BCUT2D eigenvalue weighted by Crippen LogP contribution is 2.53. The highest BCUT2D eigenvalue weighted by atomic mass is 14.9. The zero-order valence-electron chi connectivity index (χ0n) is 23.1. The molecule has 37 heavy (non-hydrogen) atoms. The van der Waals surface area contributed by atoms with E-state index in [0.29, 0.717) is 5.92 Å². The molecular formula is C35H36N2. The van der Waals surface area contributed by atoms with Crippen LogP contribution in [0.5, 0.6) is 0 Å². The number of fused-ring (bicyclic) bond motifs is 6. The largest absolute Gasteiger partial charge is 0.240 e. The van der Waals surface area contributed by atoms with Gasteiger partial charge in [0.2, 0.25) is 0 Å². The van der Waals surface area contributed by atoms with E-state index in [1.807, 2.05) is 0 Å². The molecular weight excluding hydrogens is 448 g/mol. The van der Waals surface area contributed by atoms with Crippen molar-refractivity contribution in [3.05, 3.63) is 95.4 Å². The van der Waals surface area contributed by atoms with Crippen molar-refractivity contribution in [1.82, 2.24) is 9.97 Å². The second kappa shape index (κ2) is 8.25. The highest BCUT2D eigenvalue weighted by molar-refractivity contribution is 6.02. The fourth-order valence-electron chi connectivity index (χ4n) is 6.44. The number of aromatic nitrogens is 2. The van der Waals surface area contributed by atoms with Crippen molar-refractivity contribution in [2.24, 2.45) is 5.92 Å². The lowest BCUT2D eigenvalue weighted by Crippen LogP contribution is -2.18. The van der Waals surface area contributed by atoms with Crippen LogP contribution in [0.2, 0.25) is 0 Å². The summed E-state index contributed by atoms with van der Waals surface area (Å²) < 4.78 is 0. The minimum atomic E-state index is -0.210. The summed E-state index contributed by atoms with van der Waals surface area (Å²) in [6, 6.07) is 24.8. The lowest BCUT2D eigenvalue weighted by Gasteiger charge is -2.24. The van der Waals surface area contributed by atoms with Crippen molar-refractivity contribution in [2.45, 2.75) is 65.7 Å². The van der Waals surface area contributed by atoms with Gasteiger partial charge in [0.1, 0.15) is 6.33 Å². The number of hydrogen-bond donors (Lipinski definition) is 0. The van der Waals surface area contributed by atoms with Crippen molar-refractivity contribution in [1.29, 1.82) is 0 Å². The third kappa shape index (κ3) is 3.69. The predicted molar refractivity (Wildman–Crippen MR) is 157 cm³/mol. The molecule has 5 aromatic rings. The van der Waals surface area contributed by atoms with Gasteiger partial charge in [0, 0.05) is 16.5 Å². The van der Waals surface area contributed by atoms with Crippen LogP contribution in [0, 0.1) is 5.92 Å². The van der Waals surface area contributed by atoms with E-state index in [9.17, 15) is 0 Å². The average molecular weight is 485 g/mol. The lowest BCUT2D eigenvalue weighted by atomic mass is 9.80. The number of benzene rings is 4. The maximum absolute atomic E-state index is 4.95. The van der Waals surface area contributed by atoms with E-state index in [-0.39, 0.29) is 10.8 Å². The summed E-state index contributed by atoms with van der Waals surface area (Å²) in [6.45, 7) is 16.2. The van der Waals surface area contributed by atoms with Crippen molar-refractivity contribution < 1.29 is 0 Å². The van der Waals surface area contributed by atoms with Crippen LogP contribution in [-0.4, -0.2) is 9.97 Å². The van der Waals surface area contributed by atoms with E-state index in [2.05, 4.69) is 115 Å². The molecule has 1 aliphatic rings. The van der Waals surface area contributed by atoms with Crippen LogP contribution in [-0.2, 0) is 17.3 Å². The molecule has 1 heterocycles. The molecule has 1 aromatic heterocycles. The van der Waals surface area contributed by atoms with E-state index >= 15 is 0 Å². The Morgan fingerprint density at radius 1 is 0.838 bits per heavy atom. The zero-order valence-corrected chi connectivity index (χ0v) is 23.1. The Bertz CT molecular complexity index is 1680. The number of rotatable bonds is 3. The Morgan fingerprint density at radius 3 is 2.35 bits per heavy atom. The van der Waals surface area contributed by atoms with Gasteiger partial charge in [0.25, 0.3) is 0 Å². The zero-order chi connectivity index (χ0) is 26.1. The molecule has 4 aromatic carbocycles. The Balaban J connectivity index is 1.68. The van der Waals surface area contributed by atoms with E-state index < -0.39 is 0 Å². The van der Waals surface area contributed by atoms with E-state index in [1.165, 1.54) is 54.9 Å². The summed E-state index contributed by atoms with van der Waals surface area (Å²) in [5.74, 6) is 0.595. The van der Waals surface area contributed by atoms with Crippen LogP contribution in [0.15, 0.2) is 73.1 Å². The van der Waals surface area contributed by atoms with Gasteiger partial charge in [-0.05, 0) is 73.7 Å². The van der Waals surface area contributed by atoms with Crippen molar-refractivity contribution in [3.8, 4) is 22.4 Å². The normalized spacial score (nSPS) is 14.4. The van der Waals surface area contributed by atoms with Gasteiger partial charge in [0.15, 0.2) is 0 Å². The van der Waals surface area contributed by atoms with Crippen LogP contribution in [0.25, 0.3) is 43.9 Å². The molecule has 0 aliphatic heterocycles. The molecule has 0 atom stereocenters. The standard InChI is InChI=1S/C35H36N2/c1-21(2)17-24-13-10-12-22-15-16-27-30-32(36-20-37-33(30)35(6,7)31(27)29(22)24)25-18-23-11-8-9-14-26(23)28(19-25)34(3,4)5/h8-16,18-21H,17H2,1-7H3. The van der Waals surface area contributed by atoms with Crippen molar-refractivity contribution in [2.75, 3.05) is 0 Å². The fourth-order valence-corrected chi connectivity index (χ4v) is 6.44. The summed E-state index contributed by atoms with van der Waals surface area (Å²) >= 11 is 0. The van der Waals surface area contributed by atoms with Crippen LogP contribution in [0.1, 0.15) is 70.9 Å². The van der Waals surface area contributed by atoms with E-state index in [1.54, 1.807) is 6.33 Å². The molecule has 0 radical (unpaired) electrons. The van der Waals surface area contributed by atoms with Gasteiger partial charge >= 0.3 is 0 Å². The maximum Gasteiger partial charge on any atom is 0.116 e. The van der Waals surface area contributed by atoms with Gasteiger partial charge in [-0.3, -0.25) is 0 Å². The van der Waals surface area contributed by atoms with Gasteiger partial charge < -0.3 is 0 Å². The molecule has 0 unspecified atom stereocenters. The average Bonchev–Trinajstić information content (AvgIpc) is 3.09. The summed E-state index contributed by atoms with van der Waals surface area (Å²) in [6.07, 6.45) is 2.84. The second-order valence-corrected chi connectivity index (χ2v) is 12.7. The number of nitrogens with zero attached hydrogens (tertiary/aromatic N) is 2. The Labute approximate surface area is 220 Å². The Kier molecular flexibility index (Phi) is 5.32. The molecule has 2 nitrogen and oxygen atoms in total. The minimum absolute atomic E-state index is 0.0188. The topological polar surface area (TPSA) is 25.8 Å². The van der Waals surface area contributed by atoms with Gasteiger partial charge in [-0.1, -0.05) is 103 Å². The maximum atomic E-state index is 4.95. The molecule has 0 saturated carbocycles. The third-order valence-corrected chi connectivity index (χ3v) is 8.04. The first-order valence-electron chi connectivity index (χ1n) is 13.5. The first kappa shape index (κ1) is 23.9. The predicted octanol–water partition coefficient (Wildman–Crippen LogP) is 9.25. The van der Waals surface area contributed by atoms with Crippen LogP contribution in [0.3, 0.4) is 0 Å².